The standard InChI is InChI=1S/C19H21N3OS/c1-3-22(13-15-9-5-4-6-10-15)18(23)14-24-19-20-16-11-7-8-12-17(16)21(19)2/h4-12H,3,13-14H2,1-2H3. The Morgan fingerprint density at radius 3 is 2.54 bits per heavy atom. The Balaban J connectivity index is 1.66. The van der Waals surface area contributed by atoms with E-state index in [4.69, 9.17) is 0 Å². The minimum absolute atomic E-state index is 0.137. The first-order chi connectivity index (χ1) is 11.7. The zero-order valence-electron chi connectivity index (χ0n) is 14.0. The van der Waals surface area contributed by atoms with Gasteiger partial charge in [-0.3, -0.25) is 4.79 Å². The Bertz CT molecular complexity index is 829. The molecule has 2 aromatic carbocycles. The molecule has 124 valence electrons. The summed E-state index contributed by atoms with van der Waals surface area (Å²) in [6, 6.07) is 18.1. The van der Waals surface area contributed by atoms with Crippen LogP contribution in [0.2, 0.25) is 0 Å². The lowest BCUT2D eigenvalue weighted by Crippen LogP contribution is -2.31. The Kier molecular flexibility index (Phi) is 5.20. The highest BCUT2D eigenvalue weighted by atomic mass is 32.2. The molecular weight excluding hydrogens is 318 g/mol. The number of nitrogens with zero attached hydrogens (tertiary/aromatic N) is 3. The molecule has 1 amide bonds. The Morgan fingerprint density at radius 1 is 1.12 bits per heavy atom. The third kappa shape index (κ3) is 3.62. The second-order valence-electron chi connectivity index (χ2n) is 5.62. The van der Waals surface area contributed by atoms with Crippen molar-refractivity contribution in [2.75, 3.05) is 12.3 Å². The van der Waals surface area contributed by atoms with E-state index in [0.717, 1.165) is 21.8 Å². The number of benzene rings is 2. The fourth-order valence-corrected chi connectivity index (χ4v) is 3.54. The van der Waals surface area contributed by atoms with Crippen molar-refractivity contribution in [2.45, 2.75) is 18.6 Å². The topological polar surface area (TPSA) is 38.1 Å². The summed E-state index contributed by atoms with van der Waals surface area (Å²) in [7, 11) is 1.99. The minimum atomic E-state index is 0.137. The number of hydrogen-bond acceptors (Lipinski definition) is 3. The number of carbonyl (C=O) groups is 1. The lowest BCUT2D eigenvalue weighted by Gasteiger charge is -2.20. The van der Waals surface area contributed by atoms with E-state index >= 15 is 0 Å². The molecule has 0 bridgehead atoms. The summed E-state index contributed by atoms with van der Waals surface area (Å²) < 4.78 is 2.04. The summed E-state index contributed by atoms with van der Waals surface area (Å²) in [6.45, 7) is 3.37. The molecule has 0 aliphatic rings. The largest absolute Gasteiger partial charge is 0.338 e. The quantitative estimate of drug-likeness (QED) is 0.643. The van der Waals surface area contributed by atoms with Crippen LogP contribution < -0.4 is 0 Å². The summed E-state index contributed by atoms with van der Waals surface area (Å²) in [4.78, 5) is 19.0. The summed E-state index contributed by atoms with van der Waals surface area (Å²) in [6.07, 6.45) is 0. The van der Waals surface area contributed by atoms with Gasteiger partial charge in [0.1, 0.15) is 0 Å². The number of thioether (sulfide) groups is 1. The van der Waals surface area contributed by atoms with Crippen LogP contribution in [0.3, 0.4) is 0 Å². The lowest BCUT2D eigenvalue weighted by molar-refractivity contribution is -0.128. The number of fused-ring (bicyclic) bond motifs is 1. The van der Waals surface area contributed by atoms with Crippen molar-refractivity contribution in [3.05, 3.63) is 60.2 Å². The molecular formula is C19H21N3OS. The molecule has 0 unspecified atom stereocenters. The fraction of sp³-hybridized carbons (Fsp3) is 0.263. The maximum Gasteiger partial charge on any atom is 0.233 e. The van der Waals surface area contributed by atoms with Gasteiger partial charge in [0.15, 0.2) is 5.16 Å². The molecule has 0 radical (unpaired) electrons. The highest BCUT2D eigenvalue weighted by Crippen LogP contribution is 2.23. The summed E-state index contributed by atoms with van der Waals surface area (Å²) >= 11 is 1.50. The van der Waals surface area contributed by atoms with Gasteiger partial charge in [0.2, 0.25) is 5.91 Å². The number of aryl methyl sites for hydroxylation is 1. The van der Waals surface area contributed by atoms with Crippen LogP contribution in [0, 0.1) is 0 Å². The maximum atomic E-state index is 12.5. The summed E-state index contributed by atoms with van der Waals surface area (Å²) in [5.41, 5.74) is 3.20. The molecule has 3 rings (SSSR count). The molecule has 1 heterocycles. The molecule has 0 N–H and O–H groups in total. The van der Waals surface area contributed by atoms with Crippen LogP contribution in [-0.4, -0.2) is 32.7 Å². The molecule has 0 saturated carbocycles. The monoisotopic (exact) mass is 339 g/mol. The smallest absolute Gasteiger partial charge is 0.233 e. The predicted octanol–water partition coefficient (Wildman–Crippen LogP) is 3.71. The van der Waals surface area contributed by atoms with Crippen molar-refractivity contribution in [3.63, 3.8) is 0 Å². The highest BCUT2D eigenvalue weighted by Gasteiger charge is 2.15. The van der Waals surface area contributed by atoms with Crippen LogP contribution in [0.25, 0.3) is 11.0 Å². The zero-order valence-corrected chi connectivity index (χ0v) is 14.8. The van der Waals surface area contributed by atoms with Gasteiger partial charge < -0.3 is 9.47 Å². The van der Waals surface area contributed by atoms with Gasteiger partial charge in [0, 0.05) is 20.1 Å². The molecule has 0 aliphatic heterocycles. The van der Waals surface area contributed by atoms with Crippen molar-refractivity contribution in [3.8, 4) is 0 Å². The SMILES string of the molecule is CCN(Cc1ccccc1)C(=O)CSc1nc2ccccc2n1C. The molecule has 0 aliphatic carbocycles. The number of rotatable bonds is 6. The van der Waals surface area contributed by atoms with E-state index in [2.05, 4.69) is 17.1 Å². The third-order valence-corrected chi connectivity index (χ3v) is 5.04. The maximum absolute atomic E-state index is 12.5. The normalized spacial score (nSPS) is 10.9. The molecule has 0 spiro atoms. The van der Waals surface area contributed by atoms with Gasteiger partial charge >= 0.3 is 0 Å². The van der Waals surface area contributed by atoms with E-state index in [9.17, 15) is 4.79 Å². The number of aromatic nitrogens is 2. The Morgan fingerprint density at radius 2 is 1.83 bits per heavy atom. The molecule has 24 heavy (non-hydrogen) atoms. The van der Waals surface area contributed by atoms with Gasteiger partial charge in [-0.05, 0) is 24.6 Å². The average Bonchev–Trinajstić information content (AvgIpc) is 2.95. The van der Waals surface area contributed by atoms with E-state index in [-0.39, 0.29) is 5.91 Å². The fourth-order valence-electron chi connectivity index (χ4n) is 2.65. The van der Waals surface area contributed by atoms with E-state index < -0.39 is 0 Å². The Labute approximate surface area is 146 Å². The van der Waals surface area contributed by atoms with Crippen molar-refractivity contribution in [2.24, 2.45) is 7.05 Å². The number of amides is 1. The molecule has 0 atom stereocenters. The number of imidazole rings is 1. The predicted molar refractivity (Wildman–Crippen MR) is 99.0 cm³/mol. The van der Waals surface area contributed by atoms with Crippen molar-refractivity contribution < 1.29 is 4.79 Å². The first-order valence-electron chi connectivity index (χ1n) is 8.05. The molecule has 5 heteroatoms. The molecule has 3 aromatic rings. The molecule has 0 saturated heterocycles. The van der Waals surface area contributed by atoms with Gasteiger partial charge in [0.05, 0.1) is 16.8 Å². The first-order valence-corrected chi connectivity index (χ1v) is 9.03. The van der Waals surface area contributed by atoms with Crippen molar-refractivity contribution >= 4 is 28.7 Å². The molecule has 4 nitrogen and oxygen atoms in total. The molecule has 0 fully saturated rings. The lowest BCUT2D eigenvalue weighted by atomic mass is 10.2. The van der Waals surface area contributed by atoms with E-state index in [1.807, 2.05) is 65.9 Å². The van der Waals surface area contributed by atoms with E-state index in [1.54, 1.807) is 0 Å². The zero-order chi connectivity index (χ0) is 16.9. The second kappa shape index (κ2) is 7.53. The highest BCUT2D eigenvalue weighted by molar-refractivity contribution is 7.99. The number of para-hydroxylation sites is 2. The van der Waals surface area contributed by atoms with E-state index in [1.165, 1.54) is 11.8 Å². The van der Waals surface area contributed by atoms with Crippen molar-refractivity contribution in [1.29, 1.82) is 0 Å². The number of hydrogen-bond donors (Lipinski definition) is 0. The first kappa shape index (κ1) is 16.6. The van der Waals surface area contributed by atoms with Gasteiger partial charge in [0.25, 0.3) is 0 Å². The van der Waals surface area contributed by atoms with Crippen LogP contribution >= 0.6 is 11.8 Å². The third-order valence-electron chi connectivity index (χ3n) is 4.02. The summed E-state index contributed by atoms with van der Waals surface area (Å²) in [5.74, 6) is 0.538. The van der Waals surface area contributed by atoms with Crippen molar-refractivity contribution in [1.82, 2.24) is 14.5 Å². The van der Waals surface area contributed by atoms with Crippen LogP contribution in [0.1, 0.15) is 12.5 Å². The van der Waals surface area contributed by atoms with Gasteiger partial charge in [-0.2, -0.15) is 0 Å². The van der Waals surface area contributed by atoms with Gasteiger partial charge in [-0.25, -0.2) is 4.98 Å². The Hall–Kier alpha value is -2.27. The minimum Gasteiger partial charge on any atom is -0.338 e. The van der Waals surface area contributed by atoms with Crippen LogP contribution in [-0.2, 0) is 18.4 Å². The van der Waals surface area contributed by atoms with Crippen LogP contribution in [0.4, 0.5) is 0 Å². The van der Waals surface area contributed by atoms with Gasteiger partial charge in [-0.1, -0.05) is 54.2 Å². The van der Waals surface area contributed by atoms with Crippen LogP contribution in [0.5, 0.6) is 0 Å². The number of carbonyl (C=O) groups excluding carboxylic acids is 1. The van der Waals surface area contributed by atoms with Gasteiger partial charge in [-0.15, -0.1) is 0 Å². The molecule has 1 aromatic heterocycles. The average molecular weight is 339 g/mol. The second-order valence-corrected chi connectivity index (χ2v) is 6.57. The summed E-state index contributed by atoms with van der Waals surface area (Å²) in [5, 5.41) is 0.875. The van der Waals surface area contributed by atoms with Crippen LogP contribution in [0.15, 0.2) is 59.8 Å². The van der Waals surface area contributed by atoms with E-state index in [0.29, 0.717) is 18.8 Å².